The number of amides is 1. The molecule has 9 heteroatoms. The molecule has 0 saturated heterocycles. The molecule has 0 radical (unpaired) electrons. The van der Waals surface area contributed by atoms with Crippen molar-refractivity contribution in [2.75, 3.05) is 5.73 Å². The molecule has 0 aliphatic carbocycles. The number of nitrogens with one attached hydrogen (secondary N) is 1. The van der Waals surface area contributed by atoms with Gasteiger partial charge in [0.05, 0.1) is 6.04 Å². The van der Waals surface area contributed by atoms with E-state index in [1.807, 2.05) is 26.8 Å². The van der Waals surface area contributed by atoms with Crippen LogP contribution in [0, 0.1) is 13.8 Å². The van der Waals surface area contributed by atoms with Crippen LogP contribution < -0.4 is 11.1 Å². The number of hydrogen-bond donors (Lipinski definition) is 2. The molecule has 7 nitrogen and oxygen atoms in total. The van der Waals surface area contributed by atoms with Crippen LogP contribution in [0.5, 0.6) is 0 Å². The number of hydrogen-bond acceptors (Lipinski definition) is 5. The lowest BCUT2D eigenvalue weighted by Gasteiger charge is -2.16. The number of nitrogens with zero attached hydrogens (tertiary/aromatic N) is 4. The van der Waals surface area contributed by atoms with Crippen molar-refractivity contribution in [2.24, 2.45) is 0 Å². The van der Waals surface area contributed by atoms with Crippen LogP contribution in [-0.2, 0) is 11.2 Å². The Balaban J connectivity index is 1.69. The van der Waals surface area contributed by atoms with Gasteiger partial charge in [0.2, 0.25) is 11.9 Å². The molecule has 3 aromatic rings. The lowest BCUT2D eigenvalue weighted by molar-refractivity contribution is -0.121. The van der Waals surface area contributed by atoms with E-state index in [0.29, 0.717) is 28.7 Å². The predicted octanol–water partition coefficient (Wildman–Crippen LogP) is 3.44. The van der Waals surface area contributed by atoms with Gasteiger partial charge in [0.1, 0.15) is 0 Å². The van der Waals surface area contributed by atoms with Gasteiger partial charge in [-0.3, -0.25) is 4.79 Å². The molecule has 27 heavy (non-hydrogen) atoms. The number of halogens is 2. The summed E-state index contributed by atoms with van der Waals surface area (Å²) in [6.07, 6.45) is 0.849. The Hall–Kier alpha value is -2.38. The minimum Gasteiger partial charge on any atom is -0.366 e. The van der Waals surface area contributed by atoms with Gasteiger partial charge in [-0.1, -0.05) is 29.3 Å². The van der Waals surface area contributed by atoms with Gasteiger partial charge >= 0.3 is 0 Å². The van der Waals surface area contributed by atoms with Crippen molar-refractivity contribution in [1.82, 2.24) is 24.9 Å². The highest BCUT2D eigenvalue weighted by molar-refractivity contribution is 6.35. The summed E-state index contributed by atoms with van der Waals surface area (Å²) in [5.41, 5.74) is 9.12. The first-order valence-corrected chi connectivity index (χ1v) is 9.24. The van der Waals surface area contributed by atoms with E-state index in [-0.39, 0.29) is 17.9 Å². The SMILES string of the molecule is Cc1nc2nc(N)nn2c(C)c1CCC(=O)N[C@@H](C)c1ccc(Cl)cc1Cl. The number of aromatic nitrogens is 4. The Bertz CT molecular complexity index is 1020. The summed E-state index contributed by atoms with van der Waals surface area (Å²) < 4.78 is 1.60. The van der Waals surface area contributed by atoms with Crippen molar-refractivity contribution in [3.63, 3.8) is 0 Å². The third-order valence-corrected chi connectivity index (χ3v) is 5.04. The molecule has 0 unspecified atom stereocenters. The molecule has 0 saturated carbocycles. The molecule has 3 N–H and O–H groups in total. The largest absolute Gasteiger partial charge is 0.366 e. The smallest absolute Gasteiger partial charge is 0.254 e. The maximum Gasteiger partial charge on any atom is 0.254 e. The number of carbonyl (C=O) groups is 1. The first kappa shape index (κ1) is 19.4. The second kappa shape index (κ2) is 7.70. The number of fused-ring (bicyclic) bond motifs is 1. The van der Waals surface area contributed by atoms with Crippen LogP contribution in [0.3, 0.4) is 0 Å². The van der Waals surface area contributed by atoms with Gasteiger partial charge in [0.25, 0.3) is 5.78 Å². The molecule has 0 aliphatic rings. The monoisotopic (exact) mass is 406 g/mol. The van der Waals surface area contributed by atoms with Crippen LogP contribution >= 0.6 is 23.2 Å². The predicted molar refractivity (Wildman–Crippen MR) is 106 cm³/mol. The lowest BCUT2D eigenvalue weighted by atomic mass is 10.1. The molecule has 0 bridgehead atoms. The van der Waals surface area contributed by atoms with E-state index in [9.17, 15) is 4.79 Å². The highest BCUT2D eigenvalue weighted by Crippen LogP contribution is 2.26. The molecule has 0 fully saturated rings. The molecule has 142 valence electrons. The first-order valence-electron chi connectivity index (χ1n) is 8.49. The van der Waals surface area contributed by atoms with E-state index < -0.39 is 0 Å². The summed E-state index contributed by atoms with van der Waals surface area (Å²) in [6.45, 7) is 5.69. The average Bonchev–Trinajstić information content (AvgIpc) is 2.94. The van der Waals surface area contributed by atoms with Gasteiger partial charge in [-0.05, 0) is 50.5 Å². The first-order chi connectivity index (χ1) is 12.8. The van der Waals surface area contributed by atoms with Crippen molar-refractivity contribution < 1.29 is 4.79 Å². The molecular weight excluding hydrogens is 387 g/mol. The number of aryl methyl sites for hydroxylation is 2. The highest BCUT2D eigenvalue weighted by atomic mass is 35.5. The fourth-order valence-corrected chi connectivity index (χ4v) is 3.64. The third-order valence-electron chi connectivity index (χ3n) is 4.47. The van der Waals surface area contributed by atoms with Crippen molar-refractivity contribution in [1.29, 1.82) is 0 Å². The fraction of sp³-hybridized carbons (Fsp3) is 0.333. The lowest BCUT2D eigenvalue weighted by Crippen LogP contribution is -2.27. The zero-order valence-corrected chi connectivity index (χ0v) is 16.8. The fourth-order valence-electron chi connectivity index (χ4n) is 3.07. The Kier molecular flexibility index (Phi) is 5.53. The summed E-state index contributed by atoms with van der Waals surface area (Å²) in [6, 6.07) is 5.01. The Morgan fingerprint density at radius 1 is 1.30 bits per heavy atom. The standard InChI is InChI=1S/C18H20Cl2N6O/c1-9-13(11(3)26-18(23-9)24-17(21)25-26)6-7-16(27)22-10(2)14-5-4-12(19)8-15(14)20/h4-5,8,10H,6-7H2,1-3H3,(H2,21,25)(H,22,27)/t10-/m0/s1. The zero-order chi connectivity index (χ0) is 19.7. The summed E-state index contributed by atoms with van der Waals surface area (Å²) in [4.78, 5) is 20.9. The summed E-state index contributed by atoms with van der Waals surface area (Å²) in [5, 5.41) is 8.19. The number of nitrogen functional groups attached to an aromatic ring is 1. The maximum absolute atomic E-state index is 12.4. The van der Waals surface area contributed by atoms with Crippen LogP contribution in [-0.4, -0.2) is 25.5 Å². The van der Waals surface area contributed by atoms with Gasteiger partial charge in [0, 0.05) is 27.9 Å². The van der Waals surface area contributed by atoms with E-state index >= 15 is 0 Å². The molecule has 2 heterocycles. The Labute approximate surface area is 166 Å². The third kappa shape index (κ3) is 4.14. The maximum atomic E-state index is 12.4. The van der Waals surface area contributed by atoms with Crippen LogP contribution in [0.4, 0.5) is 5.95 Å². The molecule has 1 atom stereocenters. The van der Waals surface area contributed by atoms with Crippen molar-refractivity contribution in [3.05, 3.63) is 50.8 Å². The zero-order valence-electron chi connectivity index (χ0n) is 15.3. The highest BCUT2D eigenvalue weighted by Gasteiger charge is 2.16. The summed E-state index contributed by atoms with van der Waals surface area (Å²) in [7, 11) is 0. The van der Waals surface area contributed by atoms with Crippen molar-refractivity contribution in [2.45, 2.75) is 39.7 Å². The number of nitrogens with two attached hydrogens (primary N) is 1. The molecular formula is C18H20Cl2N6O. The quantitative estimate of drug-likeness (QED) is 0.675. The Morgan fingerprint density at radius 3 is 2.74 bits per heavy atom. The second-order valence-electron chi connectivity index (χ2n) is 6.40. The van der Waals surface area contributed by atoms with Crippen LogP contribution in [0.25, 0.3) is 5.78 Å². The molecule has 0 spiro atoms. The molecule has 0 aliphatic heterocycles. The number of anilines is 1. The number of rotatable bonds is 5. The number of benzene rings is 1. The number of carbonyl (C=O) groups excluding carboxylic acids is 1. The Morgan fingerprint density at radius 2 is 2.04 bits per heavy atom. The summed E-state index contributed by atoms with van der Waals surface area (Å²) in [5.74, 6) is 0.556. The van der Waals surface area contributed by atoms with Gasteiger partial charge in [0.15, 0.2) is 0 Å². The van der Waals surface area contributed by atoms with Crippen LogP contribution in [0.1, 0.15) is 41.9 Å². The molecule has 2 aromatic heterocycles. The van der Waals surface area contributed by atoms with Crippen molar-refractivity contribution >= 4 is 40.8 Å². The van der Waals surface area contributed by atoms with Crippen molar-refractivity contribution in [3.8, 4) is 0 Å². The molecule has 1 amide bonds. The van der Waals surface area contributed by atoms with Crippen LogP contribution in [0.15, 0.2) is 18.2 Å². The van der Waals surface area contributed by atoms with Gasteiger partial charge in [-0.15, -0.1) is 5.10 Å². The van der Waals surface area contributed by atoms with Gasteiger partial charge in [-0.2, -0.15) is 9.50 Å². The minimum atomic E-state index is -0.222. The van der Waals surface area contributed by atoms with E-state index in [1.54, 1.807) is 16.6 Å². The van der Waals surface area contributed by atoms with Crippen LogP contribution in [0.2, 0.25) is 10.0 Å². The van der Waals surface area contributed by atoms with E-state index in [2.05, 4.69) is 20.4 Å². The van der Waals surface area contributed by atoms with E-state index in [1.165, 1.54) is 0 Å². The van der Waals surface area contributed by atoms with E-state index in [4.69, 9.17) is 28.9 Å². The van der Waals surface area contributed by atoms with E-state index in [0.717, 1.165) is 22.5 Å². The normalized spacial score (nSPS) is 12.3. The summed E-state index contributed by atoms with van der Waals surface area (Å²) >= 11 is 12.1. The van der Waals surface area contributed by atoms with Gasteiger partial charge < -0.3 is 11.1 Å². The minimum absolute atomic E-state index is 0.0782. The second-order valence-corrected chi connectivity index (χ2v) is 7.24. The molecule has 3 rings (SSSR count). The molecule has 1 aromatic carbocycles. The topological polar surface area (TPSA) is 98.2 Å². The average molecular weight is 407 g/mol. The van der Waals surface area contributed by atoms with Gasteiger partial charge in [-0.25, -0.2) is 4.98 Å².